The summed E-state index contributed by atoms with van der Waals surface area (Å²) >= 11 is 0. The monoisotopic (exact) mass is 240 g/mol. The predicted octanol–water partition coefficient (Wildman–Crippen LogP) is 1.01. The van der Waals surface area contributed by atoms with Gasteiger partial charge < -0.3 is 15.0 Å². The molecule has 0 aromatic carbocycles. The molecule has 0 aromatic heterocycles. The Balaban J connectivity index is 2.11. The maximum Gasteiger partial charge on any atom is 0.230 e. The van der Waals surface area contributed by atoms with Crippen LogP contribution in [0.15, 0.2) is 0 Å². The topological polar surface area (TPSA) is 41.6 Å². The van der Waals surface area contributed by atoms with Gasteiger partial charge >= 0.3 is 0 Å². The summed E-state index contributed by atoms with van der Waals surface area (Å²) in [5, 5.41) is 3.34. The number of carbonyl (C=O) groups is 1. The second kappa shape index (κ2) is 5.36. The molecule has 1 N–H and O–H groups in total. The minimum Gasteiger partial charge on any atom is -0.377 e. The summed E-state index contributed by atoms with van der Waals surface area (Å²) in [5.41, 5.74) is -0.148. The first-order valence-electron chi connectivity index (χ1n) is 6.83. The molecule has 0 spiro atoms. The standard InChI is InChI=1S/C13H24N2O2/c1-3-11-9-17-8-7-15(11)12(16)13(4-2)5-6-14-10-13/h11,14H,3-10H2,1-2H3. The number of carbonyl (C=O) groups excluding carboxylic acids is 1. The van der Waals surface area contributed by atoms with E-state index in [0.717, 1.165) is 38.9 Å². The lowest BCUT2D eigenvalue weighted by atomic mass is 9.82. The summed E-state index contributed by atoms with van der Waals surface area (Å²) in [7, 11) is 0. The molecular weight excluding hydrogens is 216 g/mol. The highest BCUT2D eigenvalue weighted by atomic mass is 16.5. The molecule has 2 atom stereocenters. The number of nitrogens with one attached hydrogen (secondary N) is 1. The molecule has 2 aliphatic rings. The second-order valence-corrected chi connectivity index (χ2v) is 5.20. The van der Waals surface area contributed by atoms with E-state index >= 15 is 0 Å². The van der Waals surface area contributed by atoms with Crippen molar-refractivity contribution in [2.24, 2.45) is 5.41 Å². The zero-order valence-electron chi connectivity index (χ0n) is 11.0. The average molecular weight is 240 g/mol. The fourth-order valence-electron chi connectivity index (χ4n) is 2.94. The Bertz CT molecular complexity index is 275. The van der Waals surface area contributed by atoms with Crippen molar-refractivity contribution in [2.75, 3.05) is 32.8 Å². The molecule has 0 aliphatic carbocycles. The van der Waals surface area contributed by atoms with Crippen LogP contribution in [0, 0.1) is 5.41 Å². The molecule has 0 aromatic rings. The van der Waals surface area contributed by atoms with Gasteiger partial charge in [-0.1, -0.05) is 13.8 Å². The highest BCUT2D eigenvalue weighted by Gasteiger charge is 2.43. The molecule has 0 radical (unpaired) electrons. The highest BCUT2D eigenvalue weighted by molar-refractivity contribution is 5.83. The highest BCUT2D eigenvalue weighted by Crippen LogP contribution is 2.33. The maximum absolute atomic E-state index is 12.8. The fraction of sp³-hybridized carbons (Fsp3) is 0.923. The lowest BCUT2D eigenvalue weighted by Crippen LogP contribution is -2.54. The Kier molecular flexibility index (Phi) is 4.05. The number of ether oxygens (including phenoxy) is 1. The van der Waals surface area contributed by atoms with E-state index in [1.165, 1.54) is 0 Å². The zero-order chi connectivity index (χ0) is 12.3. The van der Waals surface area contributed by atoms with Crippen LogP contribution in [0.4, 0.5) is 0 Å². The van der Waals surface area contributed by atoms with Crippen molar-refractivity contribution >= 4 is 5.91 Å². The Labute approximate surface area is 104 Å². The molecule has 2 heterocycles. The molecule has 17 heavy (non-hydrogen) atoms. The van der Waals surface area contributed by atoms with Gasteiger partial charge in [0, 0.05) is 13.1 Å². The van der Waals surface area contributed by atoms with Crippen LogP contribution in [0.25, 0.3) is 0 Å². The van der Waals surface area contributed by atoms with Crippen molar-refractivity contribution in [3.63, 3.8) is 0 Å². The van der Waals surface area contributed by atoms with Crippen molar-refractivity contribution in [1.82, 2.24) is 10.2 Å². The van der Waals surface area contributed by atoms with Crippen LogP contribution in [-0.4, -0.2) is 49.7 Å². The van der Waals surface area contributed by atoms with Crippen LogP contribution in [0.3, 0.4) is 0 Å². The molecule has 0 saturated carbocycles. The van der Waals surface area contributed by atoms with Crippen LogP contribution >= 0.6 is 0 Å². The normalized spacial score (nSPS) is 34.0. The van der Waals surface area contributed by atoms with Crippen molar-refractivity contribution in [1.29, 1.82) is 0 Å². The first-order valence-corrected chi connectivity index (χ1v) is 6.83. The largest absolute Gasteiger partial charge is 0.377 e. The molecule has 0 bridgehead atoms. The molecule has 2 rings (SSSR count). The molecule has 4 nitrogen and oxygen atoms in total. The van der Waals surface area contributed by atoms with Crippen LogP contribution in [-0.2, 0) is 9.53 Å². The molecule has 2 fully saturated rings. The number of hydrogen-bond acceptors (Lipinski definition) is 3. The third-order valence-corrected chi connectivity index (χ3v) is 4.33. The summed E-state index contributed by atoms with van der Waals surface area (Å²) in [6.45, 7) is 8.23. The van der Waals surface area contributed by atoms with Gasteiger partial charge in [-0.15, -0.1) is 0 Å². The van der Waals surface area contributed by atoms with Gasteiger partial charge in [-0.25, -0.2) is 0 Å². The van der Waals surface area contributed by atoms with Gasteiger partial charge in [-0.05, 0) is 25.8 Å². The summed E-state index contributed by atoms with van der Waals surface area (Å²) in [4.78, 5) is 14.8. The molecule has 2 saturated heterocycles. The van der Waals surface area contributed by atoms with Gasteiger partial charge in [-0.2, -0.15) is 0 Å². The summed E-state index contributed by atoms with van der Waals surface area (Å²) < 4.78 is 5.47. The van der Waals surface area contributed by atoms with Crippen molar-refractivity contribution in [3.05, 3.63) is 0 Å². The smallest absolute Gasteiger partial charge is 0.230 e. The van der Waals surface area contributed by atoms with Gasteiger partial charge in [0.05, 0.1) is 24.7 Å². The predicted molar refractivity (Wildman–Crippen MR) is 66.8 cm³/mol. The van der Waals surface area contributed by atoms with Gasteiger partial charge in [0.15, 0.2) is 0 Å². The van der Waals surface area contributed by atoms with Crippen LogP contribution in [0.1, 0.15) is 33.1 Å². The van der Waals surface area contributed by atoms with Crippen molar-refractivity contribution in [2.45, 2.75) is 39.2 Å². The Morgan fingerprint density at radius 2 is 2.35 bits per heavy atom. The summed E-state index contributed by atoms with van der Waals surface area (Å²) in [5.74, 6) is 0.347. The lowest BCUT2D eigenvalue weighted by Gasteiger charge is -2.40. The molecule has 2 unspecified atom stereocenters. The fourth-order valence-corrected chi connectivity index (χ4v) is 2.94. The summed E-state index contributed by atoms with van der Waals surface area (Å²) in [6, 6.07) is 0.278. The van der Waals surface area contributed by atoms with Gasteiger partial charge in [0.1, 0.15) is 0 Å². The average Bonchev–Trinajstić information content (AvgIpc) is 2.88. The van der Waals surface area contributed by atoms with Crippen LogP contribution in [0.5, 0.6) is 0 Å². The molecular formula is C13H24N2O2. The minimum absolute atomic E-state index is 0.148. The zero-order valence-corrected chi connectivity index (χ0v) is 11.0. The molecule has 4 heteroatoms. The number of rotatable bonds is 3. The van der Waals surface area contributed by atoms with Gasteiger partial charge in [0.25, 0.3) is 0 Å². The van der Waals surface area contributed by atoms with Crippen LogP contribution < -0.4 is 5.32 Å². The Morgan fingerprint density at radius 3 is 2.94 bits per heavy atom. The first-order chi connectivity index (χ1) is 8.23. The van der Waals surface area contributed by atoms with E-state index in [-0.39, 0.29) is 11.5 Å². The van der Waals surface area contributed by atoms with E-state index in [4.69, 9.17) is 4.74 Å². The molecule has 1 amide bonds. The van der Waals surface area contributed by atoms with Gasteiger partial charge in [0.2, 0.25) is 5.91 Å². The van der Waals surface area contributed by atoms with Crippen LogP contribution in [0.2, 0.25) is 0 Å². The third kappa shape index (κ3) is 2.33. The molecule has 98 valence electrons. The summed E-state index contributed by atoms with van der Waals surface area (Å²) in [6.07, 6.45) is 2.90. The minimum atomic E-state index is -0.148. The van der Waals surface area contributed by atoms with Gasteiger partial charge in [-0.3, -0.25) is 4.79 Å². The first kappa shape index (κ1) is 12.8. The third-order valence-electron chi connectivity index (χ3n) is 4.33. The number of morpholine rings is 1. The SMILES string of the molecule is CCC1COCCN1C(=O)C1(CC)CCNC1. The second-order valence-electron chi connectivity index (χ2n) is 5.20. The number of hydrogen-bond donors (Lipinski definition) is 1. The number of amides is 1. The van der Waals surface area contributed by atoms with Crippen molar-refractivity contribution < 1.29 is 9.53 Å². The Hall–Kier alpha value is -0.610. The van der Waals surface area contributed by atoms with E-state index in [1.54, 1.807) is 0 Å². The van der Waals surface area contributed by atoms with E-state index in [2.05, 4.69) is 24.1 Å². The lowest BCUT2D eigenvalue weighted by molar-refractivity contribution is -0.150. The van der Waals surface area contributed by atoms with E-state index in [0.29, 0.717) is 19.1 Å². The van der Waals surface area contributed by atoms with Crippen molar-refractivity contribution in [3.8, 4) is 0 Å². The Morgan fingerprint density at radius 1 is 1.53 bits per heavy atom. The van der Waals surface area contributed by atoms with E-state index < -0.39 is 0 Å². The maximum atomic E-state index is 12.8. The van der Waals surface area contributed by atoms with E-state index in [1.807, 2.05) is 0 Å². The molecule has 2 aliphatic heterocycles. The van der Waals surface area contributed by atoms with E-state index in [9.17, 15) is 4.79 Å². The quantitative estimate of drug-likeness (QED) is 0.800. The number of nitrogens with zero attached hydrogens (tertiary/aromatic N) is 1.